The van der Waals surface area contributed by atoms with E-state index < -0.39 is 0 Å². The first-order valence-corrected chi connectivity index (χ1v) is 5.96. The van der Waals surface area contributed by atoms with Crippen LogP contribution < -0.4 is 4.90 Å². The van der Waals surface area contributed by atoms with E-state index in [-0.39, 0.29) is 0 Å². The predicted molar refractivity (Wildman–Crippen MR) is 69.3 cm³/mol. The van der Waals surface area contributed by atoms with E-state index in [4.69, 9.17) is 0 Å². The zero-order valence-electron chi connectivity index (χ0n) is 10.7. The molecule has 88 valence electrons. The number of carbonyl (C=O) groups is 1. The average molecular weight is 219 g/mol. The van der Waals surface area contributed by atoms with E-state index in [1.54, 1.807) is 0 Å². The van der Waals surface area contributed by atoms with Gasteiger partial charge >= 0.3 is 0 Å². The molecular formula is C14H21NO. The molecule has 2 nitrogen and oxygen atoms in total. The van der Waals surface area contributed by atoms with E-state index in [9.17, 15) is 4.79 Å². The van der Waals surface area contributed by atoms with Crippen molar-refractivity contribution in [3.8, 4) is 0 Å². The number of benzene rings is 1. The maximum atomic E-state index is 11.1. The molecule has 0 aliphatic rings. The average Bonchev–Trinajstić information content (AvgIpc) is 2.31. The molecule has 0 fully saturated rings. The van der Waals surface area contributed by atoms with Gasteiger partial charge < -0.3 is 4.90 Å². The Morgan fingerprint density at radius 3 is 2.56 bits per heavy atom. The maximum Gasteiger partial charge on any atom is 0.152 e. The third-order valence-electron chi connectivity index (χ3n) is 3.08. The Kier molecular flexibility index (Phi) is 4.53. The van der Waals surface area contributed by atoms with Crippen molar-refractivity contribution in [2.45, 2.75) is 40.2 Å². The molecule has 0 bridgehead atoms. The molecule has 1 aromatic carbocycles. The van der Waals surface area contributed by atoms with Gasteiger partial charge in [0.1, 0.15) is 0 Å². The Hall–Kier alpha value is -1.31. The van der Waals surface area contributed by atoms with E-state index in [2.05, 4.69) is 37.8 Å². The van der Waals surface area contributed by atoms with Crippen molar-refractivity contribution in [1.29, 1.82) is 0 Å². The minimum atomic E-state index is 0.464. The molecule has 1 rings (SSSR count). The monoisotopic (exact) mass is 219 g/mol. The quantitative estimate of drug-likeness (QED) is 0.707. The topological polar surface area (TPSA) is 20.3 Å². The first kappa shape index (κ1) is 12.8. The Morgan fingerprint density at radius 2 is 2.06 bits per heavy atom. The standard InChI is InChI=1S/C14H21NO/c1-5-12(4)15(6-2)14-8-7-11(3)9-13(14)10-16/h7-10,12H,5-6H2,1-4H3. The lowest BCUT2D eigenvalue weighted by Gasteiger charge is -2.30. The Balaban J connectivity index is 3.13. The number of hydrogen-bond donors (Lipinski definition) is 0. The number of anilines is 1. The van der Waals surface area contributed by atoms with Gasteiger partial charge in [-0.15, -0.1) is 0 Å². The van der Waals surface area contributed by atoms with Crippen LogP contribution in [0.25, 0.3) is 0 Å². The lowest BCUT2D eigenvalue weighted by atomic mass is 10.1. The molecule has 0 radical (unpaired) electrons. The summed E-state index contributed by atoms with van der Waals surface area (Å²) < 4.78 is 0. The summed E-state index contributed by atoms with van der Waals surface area (Å²) >= 11 is 0. The maximum absolute atomic E-state index is 11.1. The molecule has 16 heavy (non-hydrogen) atoms. The summed E-state index contributed by atoms with van der Waals surface area (Å²) in [5, 5.41) is 0. The zero-order chi connectivity index (χ0) is 12.1. The second-order valence-corrected chi connectivity index (χ2v) is 4.22. The lowest BCUT2D eigenvalue weighted by Crippen LogP contribution is -2.33. The van der Waals surface area contributed by atoms with E-state index in [0.29, 0.717) is 6.04 Å². The number of hydrogen-bond acceptors (Lipinski definition) is 2. The number of aldehydes is 1. The number of nitrogens with zero attached hydrogens (tertiary/aromatic N) is 1. The highest BCUT2D eigenvalue weighted by atomic mass is 16.1. The van der Waals surface area contributed by atoms with Crippen molar-refractivity contribution >= 4 is 12.0 Å². The first-order valence-electron chi connectivity index (χ1n) is 5.96. The molecule has 1 aromatic rings. The van der Waals surface area contributed by atoms with E-state index in [0.717, 1.165) is 36.1 Å². The zero-order valence-corrected chi connectivity index (χ0v) is 10.7. The normalized spacial score (nSPS) is 12.2. The van der Waals surface area contributed by atoms with Crippen molar-refractivity contribution < 1.29 is 4.79 Å². The van der Waals surface area contributed by atoms with Crippen LogP contribution in [0.2, 0.25) is 0 Å². The van der Waals surface area contributed by atoms with Gasteiger partial charge in [-0.05, 0) is 39.3 Å². The third kappa shape index (κ3) is 2.63. The number of rotatable bonds is 5. The molecule has 1 unspecified atom stereocenters. The smallest absolute Gasteiger partial charge is 0.152 e. The lowest BCUT2D eigenvalue weighted by molar-refractivity contribution is 0.112. The molecule has 0 aromatic heterocycles. The SMILES string of the molecule is CCC(C)N(CC)c1ccc(C)cc1C=O. The molecule has 0 amide bonds. The van der Waals surface area contributed by atoms with Gasteiger partial charge in [-0.1, -0.05) is 18.6 Å². The van der Waals surface area contributed by atoms with Crippen LogP contribution in [0.4, 0.5) is 5.69 Å². The second-order valence-electron chi connectivity index (χ2n) is 4.22. The molecule has 0 aliphatic heterocycles. The predicted octanol–water partition coefficient (Wildman–Crippen LogP) is 3.43. The van der Waals surface area contributed by atoms with Crippen LogP contribution in [0.1, 0.15) is 43.1 Å². The Bertz CT molecular complexity index is 360. The van der Waals surface area contributed by atoms with Gasteiger partial charge in [-0.2, -0.15) is 0 Å². The fraction of sp³-hybridized carbons (Fsp3) is 0.500. The van der Waals surface area contributed by atoms with E-state index >= 15 is 0 Å². The fourth-order valence-corrected chi connectivity index (χ4v) is 1.97. The van der Waals surface area contributed by atoms with Gasteiger partial charge in [0.2, 0.25) is 0 Å². The Morgan fingerprint density at radius 1 is 1.38 bits per heavy atom. The summed E-state index contributed by atoms with van der Waals surface area (Å²) in [5.74, 6) is 0. The Labute approximate surface area is 98.3 Å². The van der Waals surface area contributed by atoms with Crippen molar-refractivity contribution in [3.63, 3.8) is 0 Å². The van der Waals surface area contributed by atoms with Crippen molar-refractivity contribution in [1.82, 2.24) is 0 Å². The molecule has 1 atom stereocenters. The highest BCUT2D eigenvalue weighted by Crippen LogP contribution is 2.23. The third-order valence-corrected chi connectivity index (χ3v) is 3.08. The second kappa shape index (κ2) is 5.69. The minimum absolute atomic E-state index is 0.464. The molecule has 0 heterocycles. The van der Waals surface area contributed by atoms with Crippen LogP contribution in [0.5, 0.6) is 0 Å². The van der Waals surface area contributed by atoms with Crippen LogP contribution in [-0.4, -0.2) is 18.9 Å². The molecule has 0 spiro atoms. The van der Waals surface area contributed by atoms with Gasteiger partial charge in [-0.3, -0.25) is 4.79 Å². The first-order chi connectivity index (χ1) is 7.63. The minimum Gasteiger partial charge on any atom is -0.369 e. The molecule has 2 heteroatoms. The summed E-state index contributed by atoms with van der Waals surface area (Å²) in [5.41, 5.74) is 2.98. The molecule has 0 aliphatic carbocycles. The summed E-state index contributed by atoms with van der Waals surface area (Å²) in [6, 6.07) is 6.53. The van der Waals surface area contributed by atoms with Gasteiger partial charge in [0.15, 0.2) is 6.29 Å². The summed E-state index contributed by atoms with van der Waals surface area (Å²) in [6.07, 6.45) is 2.04. The summed E-state index contributed by atoms with van der Waals surface area (Å²) in [4.78, 5) is 13.4. The van der Waals surface area contributed by atoms with Gasteiger partial charge in [0.25, 0.3) is 0 Å². The molecular weight excluding hydrogens is 198 g/mol. The van der Waals surface area contributed by atoms with Crippen molar-refractivity contribution in [2.24, 2.45) is 0 Å². The highest BCUT2D eigenvalue weighted by Gasteiger charge is 2.14. The van der Waals surface area contributed by atoms with Crippen LogP contribution in [0.15, 0.2) is 18.2 Å². The fourth-order valence-electron chi connectivity index (χ4n) is 1.97. The molecule has 0 N–H and O–H groups in total. The van der Waals surface area contributed by atoms with Gasteiger partial charge in [0.05, 0.1) is 0 Å². The largest absolute Gasteiger partial charge is 0.369 e. The van der Waals surface area contributed by atoms with Gasteiger partial charge in [-0.25, -0.2) is 0 Å². The van der Waals surface area contributed by atoms with Crippen LogP contribution in [0.3, 0.4) is 0 Å². The molecule has 0 saturated carbocycles. The summed E-state index contributed by atoms with van der Waals surface area (Å²) in [6.45, 7) is 9.43. The van der Waals surface area contributed by atoms with Crippen LogP contribution in [0, 0.1) is 6.92 Å². The van der Waals surface area contributed by atoms with E-state index in [1.807, 2.05) is 13.0 Å². The van der Waals surface area contributed by atoms with E-state index in [1.165, 1.54) is 0 Å². The number of aryl methyl sites for hydroxylation is 1. The molecule has 0 saturated heterocycles. The number of carbonyl (C=O) groups excluding carboxylic acids is 1. The van der Waals surface area contributed by atoms with Crippen LogP contribution >= 0.6 is 0 Å². The van der Waals surface area contributed by atoms with Crippen LogP contribution in [-0.2, 0) is 0 Å². The van der Waals surface area contributed by atoms with Gasteiger partial charge in [0, 0.05) is 23.8 Å². The highest BCUT2D eigenvalue weighted by molar-refractivity contribution is 5.85. The van der Waals surface area contributed by atoms with Crippen molar-refractivity contribution in [3.05, 3.63) is 29.3 Å². The summed E-state index contributed by atoms with van der Waals surface area (Å²) in [7, 11) is 0. The van der Waals surface area contributed by atoms with Crippen molar-refractivity contribution in [2.75, 3.05) is 11.4 Å².